The number of carbonyl (C=O) groups is 2. The molecule has 34 heavy (non-hydrogen) atoms. The van der Waals surface area contributed by atoms with Crippen LogP contribution in [0.25, 0.3) is 10.9 Å². The predicted molar refractivity (Wildman–Crippen MR) is 130 cm³/mol. The maximum Gasteiger partial charge on any atom is 0.291 e. The number of amides is 1. The van der Waals surface area contributed by atoms with Gasteiger partial charge in [0.15, 0.2) is 17.5 Å². The number of fused-ring (bicyclic) bond motifs is 1. The fourth-order valence-electron chi connectivity index (χ4n) is 3.69. The summed E-state index contributed by atoms with van der Waals surface area (Å²) >= 11 is 0. The molecule has 0 aliphatic carbocycles. The Morgan fingerprint density at radius 2 is 1.97 bits per heavy atom. The van der Waals surface area contributed by atoms with Gasteiger partial charge in [0.05, 0.1) is 12.1 Å². The normalized spacial score (nSPS) is 13.0. The minimum Gasteiger partial charge on any atom is -0.494 e. The molecule has 9 heteroatoms. The first-order valence-electron chi connectivity index (χ1n) is 10.5. The van der Waals surface area contributed by atoms with Crippen LogP contribution in [0, 0.1) is 0 Å². The Morgan fingerprint density at radius 1 is 1.18 bits per heavy atom. The van der Waals surface area contributed by atoms with E-state index in [1.807, 2.05) is 6.08 Å². The van der Waals surface area contributed by atoms with Crippen LogP contribution in [-0.4, -0.2) is 49.9 Å². The van der Waals surface area contributed by atoms with Gasteiger partial charge in [-0.2, -0.15) is 0 Å². The lowest BCUT2D eigenvalue weighted by molar-refractivity contribution is 0.101. The minimum absolute atomic E-state index is 0.0290. The average Bonchev–Trinajstić information content (AvgIpc) is 3.57. The third-order valence-corrected chi connectivity index (χ3v) is 5.46. The monoisotopic (exact) mass is 452 g/mol. The lowest BCUT2D eigenvalue weighted by Crippen LogP contribution is -2.16. The van der Waals surface area contributed by atoms with Gasteiger partial charge in [0, 0.05) is 53.4 Å². The number of benzene rings is 2. The highest BCUT2D eigenvalue weighted by molar-refractivity contribution is 6.13. The smallest absolute Gasteiger partial charge is 0.291 e. The summed E-state index contributed by atoms with van der Waals surface area (Å²) in [5.41, 5.74) is 2.66. The van der Waals surface area contributed by atoms with Gasteiger partial charge >= 0.3 is 0 Å². The van der Waals surface area contributed by atoms with Crippen molar-refractivity contribution in [3.05, 3.63) is 89.5 Å². The molecule has 1 amide bonds. The van der Waals surface area contributed by atoms with Crippen molar-refractivity contribution in [1.82, 2.24) is 14.5 Å². The molecule has 3 N–H and O–H groups in total. The summed E-state index contributed by atoms with van der Waals surface area (Å²) in [6.45, 7) is 0.594. The van der Waals surface area contributed by atoms with Crippen LogP contribution < -0.4 is 5.32 Å². The number of carbonyl (C=O) groups excluding carboxylic acids is 2. The number of anilines is 1. The van der Waals surface area contributed by atoms with Crippen molar-refractivity contribution in [2.75, 3.05) is 11.9 Å². The van der Waals surface area contributed by atoms with Gasteiger partial charge in [-0.1, -0.05) is 6.08 Å². The molecule has 4 aromatic rings. The Kier molecular flexibility index (Phi) is 5.35. The summed E-state index contributed by atoms with van der Waals surface area (Å²) in [6.07, 6.45) is 8.48. The Morgan fingerprint density at radius 3 is 2.68 bits per heavy atom. The molecule has 0 bridgehead atoms. The molecule has 2 aromatic carbocycles. The number of hydrogen-bond acceptors (Lipinski definition) is 6. The molecule has 1 aliphatic rings. The van der Waals surface area contributed by atoms with Crippen molar-refractivity contribution < 1.29 is 14.7 Å². The number of rotatable bonds is 5. The van der Waals surface area contributed by atoms with E-state index < -0.39 is 0 Å². The van der Waals surface area contributed by atoms with E-state index in [2.05, 4.69) is 25.3 Å². The number of H-pyrrole nitrogens is 1. The number of ketones is 1. The van der Waals surface area contributed by atoms with E-state index in [0.717, 1.165) is 0 Å². The summed E-state index contributed by atoms with van der Waals surface area (Å²) < 4.78 is 1.62. The summed E-state index contributed by atoms with van der Waals surface area (Å²) in [6, 6.07) is 11.8. The molecular weight excluding hydrogens is 432 g/mol. The summed E-state index contributed by atoms with van der Waals surface area (Å²) in [4.78, 5) is 40.9. The molecule has 0 spiro atoms. The maximum atomic E-state index is 13.1. The first-order valence-corrected chi connectivity index (χ1v) is 10.5. The molecule has 0 saturated carbocycles. The van der Waals surface area contributed by atoms with Gasteiger partial charge in [0.25, 0.3) is 5.91 Å². The van der Waals surface area contributed by atoms with Crippen LogP contribution in [0.4, 0.5) is 5.69 Å². The number of nitrogens with zero attached hydrogens (tertiary/aromatic N) is 4. The predicted octanol–water partition coefficient (Wildman–Crippen LogP) is 3.48. The third-order valence-electron chi connectivity index (χ3n) is 5.46. The van der Waals surface area contributed by atoms with Gasteiger partial charge in [0.1, 0.15) is 5.84 Å². The van der Waals surface area contributed by atoms with Crippen LogP contribution in [0.15, 0.2) is 77.0 Å². The first kappa shape index (κ1) is 21.1. The number of nitrogens with one attached hydrogen (secondary N) is 2. The van der Waals surface area contributed by atoms with Gasteiger partial charge in [0.2, 0.25) is 0 Å². The molecule has 5 rings (SSSR count). The summed E-state index contributed by atoms with van der Waals surface area (Å²) in [5.74, 6) is 0.321. The number of imidazole rings is 1. The van der Waals surface area contributed by atoms with E-state index in [0.29, 0.717) is 51.5 Å². The zero-order valence-electron chi connectivity index (χ0n) is 18.2. The Bertz CT molecular complexity index is 1510. The van der Waals surface area contributed by atoms with E-state index in [-0.39, 0.29) is 17.6 Å². The summed E-state index contributed by atoms with van der Waals surface area (Å²) in [5, 5.41) is 13.8. The van der Waals surface area contributed by atoms with Gasteiger partial charge in [-0.3, -0.25) is 14.6 Å². The van der Waals surface area contributed by atoms with Crippen LogP contribution in [0.5, 0.6) is 5.88 Å². The number of aromatic nitrogens is 3. The molecule has 0 saturated heterocycles. The van der Waals surface area contributed by atoms with Crippen molar-refractivity contribution in [3.8, 4) is 5.88 Å². The lowest BCUT2D eigenvalue weighted by atomic mass is 10.0. The van der Waals surface area contributed by atoms with Crippen molar-refractivity contribution in [1.29, 1.82) is 0 Å². The lowest BCUT2D eigenvalue weighted by Gasteiger charge is -2.07. The van der Waals surface area contributed by atoms with Crippen LogP contribution >= 0.6 is 0 Å². The Hall–Kier alpha value is -4.79. The minimum atomic E-state index is -0.336. The second-order valence-electron chi connectivity index (χ2n) is 7.73. The van der Waals surface area contributed by atoms with Crippen molar-refractivity contribution in [2.24, 2.45) is 17.0 Å². The van der Waals surface area contributed by atoms with Gasteiger partial charge in [-0.05, 0) is 48.5 Å². The van der Waals surface area contributed by atoms with Crippen molar-refractivity contribution in [2.45, 2.75) is 0 Å². The van der Waals surface area contributed by atoms with Crippen LogP contribution in [0.2, 0.25) is 0 Å². The molecule has 0 radical (unpaired) electrons. The molecule has 1 aliphatic heterocycles. The molecule has 3 heterocycles. The maximum absolute atomic E-state index is 13.1. The first-order chi connectivity index (χ1) is 16.5. The molecule has 0 fully saturated rings. The van der Waals surface area contributed by atoms with Crippen LogP contribution in [0.3, 0.4) is 0 Å². The van der Waals surface area contributed by atoms with Gasteiger partial charge in [-0.25, -0.2) is 9.98 Å². The van der Waals surface area contributed by atoms with E-state index in [4.69, 9.17) is 0 Å². The highest BCUT2D eigenvalue weighted by Crippen LogP contribution is 2.27. The van der Waals surface area contributed by atoms with E-state index in [1.165, 1.54) is 6.21 Å². The molecule has 0 unspecified atom stereocenters. The number of amidine groups is 1. The number of aromatic amines is 1. The second-order valence-corrected chi connectivity index (χ2v) is 7.73. The zero-order valence-corrected chi connectivity index (χ0v) is 18.2. The molecule has 0 atom stereocenters. The van der Waals surface area contributed by atoms with Gasteiger partial charge < -0.3 is 20.0 Å². The third kappa shape index (κ3) is 4.02. The van der Waals surface area contributed by atoms with Crippen LogP contribution in [0.1, 0.15) is 32.1 Å². The molecule has 2 aromatic heterocycles. The number of aryl methyl sites for hydroxylation is 1. The Labute approximate surface area is 194 Å². The second kappa shape index (κ2) is 8.62. The SMILES string of the molecule is Cn1ccnc1C(=O)Nc1ccc(C(=O)c2ccc3[nH]c(O)c(C=NC4=NCC=C4)c3c2)cc1. The topological polar surface area (TPSA) is 125 Å². The van der Waals surface area contributed by atoms with Crippen LogP contribution in [-0.2, 0) is 7.05 Å². The highest BCUT2D eigenvalue weighted by atomic mass is 16.3. The van der Waals surface area contributed by atoms with Crippen molar-refractivity contribution >= 4 is 40.3 Å². The van der Waals surface area contributed by atoms with E-state index >= 15 is 0 Å². The molecule has 168 valence electrons. The van der Waals surface area contributed by atoms with E-state index in [9.17, 15) is 14.7 Å². The number of hydrogen-bond donors (Lipinski definition) is 3. The molecular formula is C25H20N6O3. The largest absolute Gasteiger partial charge is 0.494 e. The van der Waals surface area contributed by atoms with Crippen molar-refractivity contribution in [3.63, 3.8) is 0 Å². The fraction of sp³-hybridized carbons (Fsp3) is 0.0800. The van der Waals surface area contributed by atoms with Gasteiger partial charge in [-0.15, -0.1) is 0 Å². The number of aliphatic imine (C=N–C) groups is 2. The van der Waals surface area contributed by atoms with E-state index in [1.54, 1.807) is 72.5 Å². The standard InChI is InChI=1S/C25H20N6O3/c1-31-12-11-27-23(31)25(34)29-17-7-4-15(5-8-17)22(32)16-6-9-20-18(13-16)19(24(33)30-20)14-28-21-3-2-10-26-21/h2-9,11-14,30,33H,10H2,1H3,(H,29,34). The quantitative estimate of drug-likeness (QED) is 0.317. The zero-order chi connectivity index (χ0) is 23.7. The number of aromatic hydroxyl groups is 1. The highest BCUT2D eigenvalue weighted by Gasteiger charge is 2.15. The fourth-order valence-corrected chi connectivity index (χ4v) is 3.69. The Balaban J connectivity index is 1.37. The molecule has 9 nitrogen and oxygen atoms in total. The average molecular weight is 452 g/mol. The summed E-state index contributed by atoms with van der Waals surface area (Å²) in [7, 11) is 1.74.